The number of carbonyl (C=O) groups is 1. The standard InChI is InChI=1S/C13H18F2O5S/c1-12(2)9-4-3-8(10(12)7-9)5-6-20-11(16)13(14,15)21(17,18)19/h3,9-10H,4-7H2,1-2H3,(H,17,18,19). The van der Waals surface area contributed by atoms with E-state index in [1.165, 1.54) is 0 Å². The second-order valence-corrected chi connectivity index (χ2v) is 7.66. The van der Waals surface area contributed by atoms with Crippen molar-refractivity contribution in [2.24, 2.45) is 17.3 Å². The molecule has 0 aromatic carbocycles. The molecule has 0 aromatic heterocycles. The lowest BCUT2D eigenvalue weighted by Gasteiger charge is -2.56. The van der Waals surface area contributed by atoms with Crippen LogP contribution in [0.3, 0.4) is 0 Å². The van der Waals surface area contributed by atoms with E-state index in [1.54, 1.807) is 0 Å². The van der Waals surface area contributed by atoms with Crippen LogP contribution in [0.15, 0.2) is 11.6 Å². The maximum Gasteiger partial charge on any atom is 0.465 e. The van der Waals surface area contributed by atoms with Gasteiger partial charge in [0.2, 0.25) is 0 Å². The van der Waals surface area contributed by atoms with Crippen LogP contribution in [0.4, 0.5) is 8.78 Å². The van der Waals surface area contributed by atoms with Gasteiger partial charge in [-0.2, -0.15) is 17.2 Å². The topological polar surface area (TPSA) is 80.7 Å². The summed E-state index contributed by atoms with van der Waals surface area (Å²) in [5, 5.41) is -4.92. The first-order valence-electron chi connectivity index (χ1n) is 6.69. The fourth-order valence-corrected chi connectivity index (χ4v) is 3.48. The van der Waals surface area contributed by atoms with Gasteiger partial charge in [0.15, 0.2) is 0 Å². The molecule has 8 heteroatoms. The second kappa shape index (κ2) is 5.01. The van der Waals surface area contributed by atoms with E-state index in [-0.39, 0.29) is 12.0 Å². The summed E-state index contributed by atoms with van der Waals surface area (Å²) in [7, 11) is -5.80. The van der Waals surface area contributed by atoms with Crippen LogP contribution in [0.5, 0.6) is 0 Å². The van der Waals surface area contributed by atoms with Crippen LogP contribution < -0.4 is 0 Å². The number of halogens is 2. The zero-order chi connectivity index (χ0) is 16.1. The highest BCUT2D eigenvalue weighted by atomic mass is 32.2. The number of rotatable bonds is 5. The van der Waals surface area contributed by atoms with Crippen LogP contribution in [0.1, 0.15) is 33.1 Å². The third-order valence-electron chi connectivity index (χ3n) is 4.77. The van der Waals surface area contributed by atoms with E-state index in [4.69, 9.17) is 4.55 Å². The molecular weight excluding hydrogens is 306 g/mol. The van der Waals surface area contributed by atoms with Crippen LogP contribution in [0.25, 0.3) is 0 Å². The molecule has 3 aliphatic carbocycles. The lowest BCUT2D eigenvalue weighted by molar-refractivity contribution is -0.161. The number of allylic oxidation sites excluding steroid dienone is 1. The SMILES string of the molecule is CC1(C)C2CC=C(CCOC(=O)C(F)(F)S(=O)(=O)O)C1C2. The molecule has 0 heterocycles. The summed E-state index contributed by atoms with van der Waals surface area (Å²) in [4.78, 5) is 11.0. The number of hydrogen-bond acceptors (Lipinski definition) is 4. The monoisotopic (exact) mass is 324 g/mol. The maximum absolute atomic E-state index is 13.0. The highest BCUT2D eigenvalue weighted by Crippen LogP contribution is 2.59. The minimum Gasteiger partial charge on any atom is -0.460 e. The molecule has 21 heavy (non-hydrogen) atoms. The summed E-state index contributed by atoms with van der Waals surface area (Å²) < 4.78 is 59.3. The fraction of sp³-hybridized carbons (Fsp3) is 0.769. The third kappa shape index (κ3) is 2.70. The molecule has 2 bridgehead atoms. The van der Waals surface area contributed by atoms with Crippen molar-refractivity contribution in [3.8, 4) is 0 Å². The van der Waals surface area contributed by atoms with E-state index < -0.39 is 21.3 Å². The van der Waals surface area contributed by atoms with Gasteiger partial charge in [-0.3, -0.25) is 4.55 Å². The maximum atomic E-state index is 13.0. The summed E-state index contributed by atoms with van der Waals surface area (Å²) in [5.74, 6) is -1.25. The number of hydrogen-bond donors (Lipinski definition) is 1. The Kier molecular flexibility index (Phi) is 3.90. The normalized spacial score (nSPS) is 27.6. The van der Waals surface area contributed by atoms with Crippen molar-refractivity contribution in [3.63, 3.8) is 0 Å². The van der Waals surface area contributed by atoms with Crippen LogP contribution in [0, 0.1) is 17.3 Å². The van der Waals surface area contributed by atoms with Crippen molar-refractivity contribution < 1.29 is 31.3 Å². The van der Waals surface area contributed by atoms with Gasteiger partial charge in [-0.05, 0) is 30.1 Å². The molecule has 0 amide bonds. The lowest BCUT2D eigenvalue weighted by Crippen LogP contribution is -2.48. The average Bonchev–Trinajstić information content (AvgIpc) is 2.37. The third-order valence-corrected chi connectivity index (χ3v) is 5.58. The Morgan fingerprint density at radius 1 is 1.52 bits per heavy atom. The average molecular weight is 324 g/mol. The molecule has 0 saturated heterocycles. The minimum atomic E-state index is -5.80. The fourth-order valence-electron chi connectivity index (χ4n) is 3.21. The Morgan fingerprint density at radius 2 is 2.14 bits per heavy atom. The van der Waals surface area contributed by atoms with Gasteiger partial charge in [0.25, 0.3) is 0 Å². The van der Waals surface area contributed by atoms with Crippen LogP contribution in [0.2, 0.25) is 0 Å². The number of alkyl halides is 2. The molecule has 1 fully saturated rings. The van der Waals surface area contributed by atoms with Crippen molar-refractivity contribution in [3.05, 3.63) is 11.6 Å². The predicted molar refractivity (Wildman–Crippen MR) is 70.1 cm³/mol. The quantitative estimate of drug-likeness (QED) is 0.477. The molecule has 2 atom stereocenters. The van der Waals surface area contributed by atoms with Gasteiger partial charge < -0.3 is 4.74 Å². The molecule has 1 N–H and O–H groups in total. The highest BCUT2D eigenvalue weighted by molar-refractivity contribution is 7.87. The van der Waals surface area contributed by atoms with Gasteiger partial charge in [0.1, 0.15) is 0 Å². The number of carbonyl (C=O) groups excluding carboxylic acids is 1. The predicted octanol–water partition coefficient (Wildman–Crippen LogP) is 2.39. The molecule has 0 spiro atoms. The van der Waals surface area contributed by atoms with Crippen LogP contribution >= 0.6 is 0 Å². The zero-order valence-corrected chi connectivity index (χ0v) is 12.6. The number of fused-ring (bicyclic) bond motifs is 1. The first kappa shape index (κ1) is 16.4. The molecule has 0 radical (unpaired) electrons. The molecule has 0 aromatic rings. The van der Waals surface area contributed by atoms with E-state index in [2.05, 4.69) is 18.6 Å². The summed E-state index contributed by atoms with van der Waals surface area (Å²) in [6.07, 6.45) is 4.31. The van der Waals surface area contributed by atoms with E-state index in [1.807, 2.05) is 6.08 Å². The molecule has 2 unspecified atom stereocenters. The Balaban J connectivity index is 1.89. The summed E-state index contributed by atoms with van der Waals surface area (Å²) in [5.41, 5.74) is 1.23. The molecular formula is C13H18F2O5S. The van der Waals surface area contributed by atoms with Crippen LogP contribution in [-0.2, 0) is 19.6 Å². The lowest BCUT2D eigenvalue weighted by atomic mass is 9.48. The van der Waals surface area contributed by atoms with Gasteiger partial charge >= 0.3 is 21.3 Å². The van der Waals surface area contributed by atoms with E-state index in [0.29, 0.717) is 18.3 Å². The summed E-state index contributed by atoms with van der Waals surface area (Å²) >= 11 is 0. The van der Waals surface area contributed by atoms with E-state index >= 15 is 0 Å². The molecule has 5 nitrogen and oxygen atoms in total. The van der Waals surface area contributed by atoms with Gasteiger partial charge in [-0.1, -0.05) is 25.5 Å². The second-order valence-electron chi connectivity index (χ2n) is 6.20. The Hall–Kier alpha value is -1.02. The molecule has 3 rings (SSSR count). The minimum absolute atomic E-state index is 0.173. The smallest absolute Gasteiger partial charge is 0.460 e. The number of esters is 1. The molecule has 3 aliphatic rings. The highest BCUT2D eigenvalue weighted by Gasteiger charge is 2.54. The molecule has 120 valence electrons. The van der Waals surface area contributed by atoms with Crippen molar-refractivity contribution in [2.75, 3.05) is 6.61 Å². The van der Waals surface area contributed by atoms with Gasteiger partial charge in [-0.15, -0.1) is 0 Å². The zero-order valence-electron chi connectivity index (χ0n) is 11.8. The van der Waals surface area contributed by atoms with Crippen molar-refractivity contribution >= 4 is 16.1 Å². The van der Waals surface area contributed by atoms with Gasteiger partial charge in [0.05, 0.1) is 6.61 Å². The number of ether oxygens (including phenoxy) is 1. The van der Waals surface area contributed by atoms with E-state index in [9.17, 15) is 22.0 Å². The van der Waals surface area contributed by atoms with Crippen molar-refractivity contribution in [1.29, 1.82) is 0 Å². The van der Waals surface area contributed by atoms with E-state index in [0.717, 1.165) is 18.4 Å². The molecule has 1 saturated carbocycles. The van der Waals surface area contributed by atoms with Crippen molar-refractivity contribution in [1.82, 2.24) is 0 Å². The van der Waals surface area contributed by atoms with Gasteiger partial charge in [-0.25, -0.2) is 4.79 Å². The first-order valence-corrected chi connectivity index (χ1v) is 8.13. The van der Waals surface area contributed by atoms with Crippen LogP contribution in [-0.4, -0.2) is 30.8 Å². The van der Waals surface area contributed by atoms with Gasteiger partial charge in [0, 0.05) is 6.42 Å². The molecule has 0 aliphatic heterocycles. The largest absolute Gasteiger partial charge is 0.465 e. The summed E-state index contributed by atoms with van der Waals surface area (Å²) in [6.45, 7) is 3.97. The summed E-state index contributed by atoms with van der Waals surface area (Å²) in [6, 6.07) is 0. The Labute approximate surface area is 122 Å². The Morgan fingerprint density at radius 3 is 2.62 bits per heavy atom. The van der Waals surface area contributed by atoms with Crippen molar-refractivity contribution in [2.45, 2.75) is 38.4 Å². The first-order chi connectivity index (χ1) is 9.48. The Bertz CT molecular complexity index is 579.